The first-order valence-electron chi connectivity index (χ1n) is 3.89. The number of carbonyl (C=O) groups is 1. The van der Waals surface area contributed by atoms with Crippen LogP contribution in [0.5, 0.6) is 0 Å². The van der Waals surface area contributed by atoms with E-state index >= 15 is 0 Å². The first kappa shape index (κ1) is 9.98. The van der Waals surface area contributed by atoms with E-state index in [0.717, 1.165) is 4.88 Å². The number of aromatic nitrogens is 1. The minimum Gasteiger partial charge on any atom is -0.382 e. The molecule has 1 aromatic heterocycles. The molecule has 4 nitrogen and oxygen atoms in total. The quantitative estimate of drug-likeness (QED) is 0.711. The number of primary amides is 1. The lowest BCUT2D eigenvalue weighted by atomic mass is 9.91. The molecule has 72 valence electrons. The van der Waals surface area contributed by atoms with Crippen molar-refractivity contribution in [2.45, 2.75) is 26.2 Å². The highest BCUT2D eigenvalue weighted by Crippen LogP contribution is 2.32. The zero-order valence-electron chi connectivity index (χ0n) is 7.92. The van der Waals surface area contributed by atoms with Crippen LogP contribution in [0.2, 0.25) is 0 Å². The summed E-state index contributed by atoms with van der Waals surface area (Å²) in [5, 5.41) is 0. The van der Waals surface area contributed by atoms with Crippen molar-refractivity contribution >= 4 is 23.3 Å². The third kappa shape index (κ3) is 1.80. The second-order valence-electron chi connectivity index (χ2n) is 3.89. The summed E-state index contributed by atoms with van der Waals surface area (Å²) in [6.07, 6.45) is 0. The van der Waals surface area contributed by atoms with Crippen LogP contribution in [0, 0.1) is 0 Å². The van der Waals surface area contributed by atoms with Crippen LogP contribution >= 0.6 is 11.5 Å². The van der Waals surface area contributed by atoms with Crippen LogP contribution in [-0.4, -0.2) is 10.3 Å². The molecule has 0 spiro atoms. The molecule has 0 atom stereocenters. The van der Waals surface area contributed by atoms with Crippen molar-refractivity contribution in [2.75, 3.05) is 5.73 Å². The Balaban J connectivity index is 3.31. The fourth-order valence-corrected chi connectivity index (χ4v) is 1.90. The van der Waals surface area contributed by atoms with Crippen LogP contribution in [0.3, 0.4) is 0 Å². The van der Waals surface area contributed by atoms with E-state index in [4.69, 9.17) is 11.5 Å². The zero-order chi connectivity index (χ0) is 10.2. The third-order valence-corrected chi connectivity index (χ3v) is 2.93. The van der Waals surface area contributed by atoms with E-state index in [1.165, 1.54) is 11.5 Å². The topological polar surface area (TPSA) is 82.0 Å². The molecule has 0 radical (unpaired) electrons. The van der Waals surface area contributed by atoms with Gasteiger partial charge in [-0.25, -0.2) is 0 Å². The van der Waals surface area contributed by atoms with Crippen molar-refractivity contribution in [1.82, 2.24) is 4.37 Å². The van der Waals surface area contributed by atoms with E-state index < -0.39 is 5.91 Å². The summed E-state index contributed by atoms with van der Waals surface area (Å²) in [6, 6.07) is 0. The molecule has 13 heavy (non-hydrogen) atoms. The highest BCUT2D eigenvalue weighted by Gasteiger charge is 2.25. The van der Waals surface area contributed by atoms with E-state index in [9.17, 15) is 4.79 Å². The predicted molar refractivity (Wildman–Crippen MR) is 53.7 cm³/mol. The van der Waals surface area contributed by atoms with Gasteiger partial charge < -0.3 is 11.5 Å². The Morgan fingerprint density at radius 3 is 2.31 bits per heavy atom. The van der Waals surface area contributed by atoms with Gasteiger partial charge in [-0.05, 0) is 16.9 Å². The third-order valence-electron chi connectivity index (χ3n) is 1.65. The Hall–Kier alpha value is -1.10. The molecule has 0 aliphatic rings. The van der Waals surface area contributed by atoms with Crippen LogP contribution < -0.4 is 11.5 Å². The van der Waals surface area contributed by atoms with Gasteiger partial charge in [-0.2, -0.15) is 4.37 Å². The molecular weight excluding hydrogens is 186 g/mol. The number of hydrogen-bond acceptors (Lipinski definition) is 4. The maximum atomic E-state index is 11.1. The SMILES string of the molecule is CC(C)(C)c1snc(N)c1C(N)=O. The summed E-state index contributed by atoms with van der Waals surface area (Å²) in [5.41, 5.74) is 11.0. The summed E-state index contributed by atoms with van der Waals surface area (Å²) < 4.78 is 3.92. The summed E-state index contributed by atoms with van der Waals surface area (Å²) in [6.45, 7) is 5.98. The maximum Gasteiger partial charge on any atom is 0.253 e. The highest BCUT2D eigenvalue weighted by molar-refractivity contribution is 7.06. The van der Waals surface area contributed by atoms with Crippen molar-refractivity contribution in [3.63, 3.8) is 0 Å². The number of nitrogen functional groups attached to an aromatic ring is 1. The lowest BCUT2D eigenvalue weighted by Gasteiger charge is -2.16. The fourth-order valence-electron chi connectivity index (χ4n) is 1.05. The number of amides is 1. The smallest absolute Gasteiger partial charge is 0.253 e. The molecule has 0 fully saturated rings. The standard InChI is InChI=1S/C8H13N3OS/c1-8(2,3)5-4(7(10)12)6(9)11-13-5/h1-3H3,(H2,9,11)(H2,10,12). The Morgan fingerprint density at radius 1 is 1.46 bits per heavy atom. The number of nitrogens with zero attached hydrogens (tertiary/aromatic N) is 1. The lowest BCUT2D eigenvalue weighted by molar-refractivity contribution is 0.0999. The van der Waals surface area contributed by atoms with Gasteiger partial charge in [0.05, 0.1) is 5.56 Å². The Bertz CT molecular complexity index is 338. The second-order valence-corrected chi connectivity index (χ2v) is 4.66. The van der Waals surface area contributed by atoms with Crippen molar-refractivity contribution in [3.8, 4) is 0 Å². The molecule has 0 saturated carbocycles. The van der Waals surface area contributed by atoms with E-state index in [2.05, 4.69) is 4.37 Å². The zero-order valence-corrected chi connectivity index (χ0v) is 8.73. The van der Waals surface area contributed by atoms with Gasteiger partial charge in [-0.3, -0.25) is 4.79 Å². The summed E-state index contributed by atoms with van der Waals surface area (Å²) in [4.78, 5) is 11.9. The van der Waals surface area contributed by atoms with Crippen LogP contribution in [0.25, 0.3) is 0 Å². The number of anilines is 1. The predicted octanol–water partition coefficient (Wildman–Crippen LogP) is 1.12. The molecule has 0 aliphatic carbocycles. The van der Waals surface area contributed by atoms with Gasteiger partial charge in [0.1, 0.15) is 5.82 Å². The Kier molecular flexibility index (Phi) is 2.30. The van der Waals surface area contributed by atoms with Crippen molar-refractivity contribution in [1.29, 1.82) is 0 Å². The Labute approximate surface area is 81.1 Å². The minimum absolute atomic E-state index is 0.139. The van der Waals surface area contributed by atoms with E-state index in [0.29, 0.717) is 5.56 Å². The van der Waals surface area contributed by atoms with Crippen LogP contribution in [0.1, 0.15) is 36.0 Å². The lowest BCUT2D eigenvalue weighted by Crippen LogP contribution is -2.19. The highest BCUT2D eigenvalue weighted by atomic mass is 32.1. The average molecular weight is 199 g/mol. The molecule has 0 unspecified atom stereocenters. The molecule has 4 N–H and O–H groups in total. The molecular formula is C8H13N3OS. The molecule has 1 amide bonds. The van der Waals surface area contributed by atoms with Gasteiger partial charge in [-0.1, -0.05) is 20.8 Å². The number of nitrogens with two attached hydrogens (primary N) is 2. The molecule has 0 aliphatic heterocycles. The van der Waals surface area contributed by atoms with Crippen LogP contribution in [0.4, 0.5) is 5.82 Å². The van der Waals surface area contributed by atoms with Gasteiger partial charge in [0, 0.05) is 4.88 Å². The molecule has 1 heterocycles. The number of hydrogen-bond donors (Lipinski definition) is 2. The number of rotatable bonds is 1. The van der Waals surface area contributed by atoms with Gasteiger partial charge >= 0.3 is 0 Å². The summed E-state index contributed by atoms with van der Waals surface area (Å²) >= 11 is 1.24. The van der Waals surface area contributed by atoms with Gasteiger partial charge in [0.15, 0.2) is 0 Å². The first-order valence-corrected chi connectivity index (χ1v) is 4.67. The number of carbonyl (C=O) groups excluding carboxylic acids is 1. The summed E-state index contributed by atoms with van der Waals surface area (Å²) in [7, 11) is 0. The monoisotopic (exact) mass is 199 g/mol. The van der Waals surface area contributed by atoms with E-state index in [1.807, 2.05) is 20.8 Å². The molecule has 5 heteroatoms. The molecule has 1 aromatic rings. The fraction of sp³-hybridized carbons (Fsp3) is 0.500. The molecule has 0 bridgehead atoms. The molecule has 1 rings (SSSR count). The van der Waals surface area contributed by atoms with E-state index in [1.54, 1.807) is 0 Å². The van der Waals surface area contributed by atoms with Crippen molar-refractivity contribution < 1.29 is 4.79 Å². The van der Waals surface area contributed by atoms with Gasteiger partial charge in [0.25, 0.3) is 5.91 Å². The van der Waals surface area contributed by atoms with Crippen molar-refractivity contribution in [2.24, 2.45) is 5.73 Å². The van der Waals surface area contributed by atoms with Crippen LogP contribution in [-0.2, 0) is 5.41 Å². The van der Waals surface area contributed by atoms with Gasteiger partial charge in [-0.15, -0.1) is 0 Å². The first-order chi connectivity index (χ1) is 5.84. The normalized spacial score (nSPS) is 11.6. The molecule has 0 saturated heterocycles. The van der Waals surface area contributed by atoms with E-state index in [-0.39, 0.29) is 11.2 Å². The largest absolute Gasteiger partial charge is 0.382 e. The van der Waals surface area contributed by atoms with Crippen LogP contribution in [0.15, 0.2) is 0 Å². The Morgan fingerprint density at radius 2 is 2.00 bits per heavy atom. The summed E-state index contributed by atoms with van der Waals surface area (Å²) in [5.74, 6) is -0.265. The second kappa shape index (κ2) is 2.99. The maximum absolute atomic E-state index is 11.1. The minimum atomic E-state index is -0.504. The van der Waals surface area contributed by atoms with Crippen molar-refractivity contribution in [3.05, 3.63) is 10.4 Å². The molecule has 0 aromatic carbocycles. The van der Waals surface area contributed by atoms with Gasteiger partial charge in [0.2, 0.25) is 0 Å². The average Bonchev–Trinajstić information content (AvgIpc) is 2.28.